The summed E-state index contributed by atoms with van der Waals surface area (Å²) in [6.45, 7) is 0. The van der Waals surface area contributed by atoms with Crippen molar-refractivity contribution in [3.8, 4) is 11.1 Å². The Balaban J connectivity index is 1.76. The van der Waals surface area contributed by atoms with Crippen LogP contribution in [0.2, 0.25) is 0 Å². The maximum absolute atomic E-state index is 5.99. The van der Waals surface area contributed by atoms with Gasteiger partial charge in [0.05, 0.1) is 11.3 Å². The molecule has 4 rings (SSSR count). The van der Waals surface area contributed by atoms with Crippen molar-refractivity contribution in [1.82, 2.24) is 5.16 Å². The molecule has 2 aliphatic rings. The Labute approximate surface area is 120 Å². The zero-order chi connectivity index (χ0) is 13.0. The van der Waals surface area contributed by atoms with E-state index in [0.717, 1.165) is 33.1 Å². The van der Waals surface area contributed by atoms with E-state index in [1.165, 1.54) is 19.3 Å². The molecule has 2 unspecified atom stereocenters. The molecule has 19 heavy (non-hydrogen) atoms. The highest BCUT2D eigenvalue weighted by molar-refractivity contribution is 9.10. The van der Waals surface area contributed by atoms with Crippen LogP contribution in [0, 0.1) is 11.8 Å². The maximum Gasteiger partial charge on any atom is 0.230 e. The molecule has 3 nitrogen and oxygen atoms in total. The molecular formula is C15H15BrN2O. The largest absolute Gasteiger partial charge is 0.367 e. The minimum absolute atomic E-state index is 0.439. The van der Waals surface area contributed by atoms with E-state index in [9.17, 15) is 0 Å². The zero-order valence-electron chi connectivity index (χ0n) is 10.5. The number of halogens is 1. The van der Waals surface area contributed by atoms with Crippen molar-refractivity contribution in [2.75, 3.05) is 5.73 Å². The summed E-state index contributed by atoms with van der Waals surface area (Å²) in [4.78, 5) is 0. The van der Waals surface area contributed by atoms with Crippen molar-refractivity contribution < 1.29 is 4.52 Å². The maximum atomic E-state index is 5.99. The number of nitrogens with two attached hydrogens (primary N) is 1. The van der Waals surface area contributed by atoms with Crippen LogP contribution in [0.3, 0.4) is 0 Å². The van der Waals surface area contributed by atoms with Crippen LogP contribution >= 0.6 is 15.9 Å². The highest BCUT2D eigenvalue weighted by Crippen LogP contribution is 2.58. The molecule has 4 heteroatoms. The van der Waals surface area contributed by atoms with Crippen molar-refractivity contribution in [1.29, 1.82) is 0 Å². The van der Waals surface area contributed by atoms with Gasteiger partial charge in [0.25, 0.3) is 0 Å². The van der Waals surface area contributed by atoms with Gasteiger partial charge in [-0.25, -0.2) is 0 Å². The van der Waals surface area contributed by atoms with Crippen molar-refractivity contribution in [3.05, 3.63) is 34.4 Å². The normalized spacial score (nSPS) is 28.4. The quantitative estimate of drug-likeness (QED) is 0.902. The first-order chi connectivity index (χ1) is 9.22. The van der Waals surface area contributed by atoms with Gasteiger partial charge < -0.3 is 10.3 Å². The summed E-state index contributed by atoms with van der Waals surface area (Å²) < 4.78 is 6.31. The predicted octanol–water partition coefficient (Wildman–Crippen LogP) is 4.20. The van der Waals surface area contributed by atoms with Crippen LogP contribution < -0.4 is 5.73 Å². The molecule has 2 aromatic rings. The lowest BCUT2D eigenvalue weighted by Crippen LogP contribution is -1.99. The van der Waals surface area contributed by atoms with Gasteiger partial charge in [-0.3, -0.25) is 0 Å². The SMILES string of the molecule is Nc1onc(C2CC3CC3C2)c1-c1cccc(Br)c1. The van der Waals surface area contributed by atoms with E-state index in [0.29, 0.717) is 11.8 Å². The molecule has 1 aromatic heterocycles. The molecule has 0 bridgehead atoms. The molecule has 0 radical (unpaired) electrons. The summed E-state index contributed by atoms with van der Waals surface area (Å²) in [5.41, 5.74) is 9.13. The van der Waals surface area contributed by atoms with Gasteiger partial charge in [0, 0.05) is 10.4 Å². The molecule has 1 aromatic carbocycles. The van der Waals surface area contributed by atoms with Gasteiger partial charge in [0.1, 0.15) is 0 Å². The third-order valence-electron chi connectivity index (χ3n) is 4.49. The van der Waals surface area contributed by atoms with Gasteiger partial charge in [-0.2, -0.15) is 0 Å². The summed E-state index contributed by atoms with van der Waals surface area (Å²) in [5.74, 6) is 2.82. The molecule has 1 heterocycles. The van der Waals surface area contributed by atoms with E-state index in [1.54, 1.807) is 0 Å². The molecule has 0 saturated heterocycles. The lowest BCUT2D eigenvalue weighted by Gasteiger charge is -2.10. The Hall–Kier alpha value is -1.29. The van der Waals surface area contributed by atoms with Gasteiger partial charge in [-0.1, -0.05) is 33.2 Å². The Kier molecular flexibility index (Phi) is 2.49. The molecule has 0 amide bonds. The smallest absolute Gasteiger partial charge is 0.230 e. The Bertz CT molecular complexity index is 627. The number of nitrogens with zero attached hydrogens (tertiary/aromatic N) is 1. The lowest BCUT2D eigenvalue weighted by molar-refractivity contribution is 0.416. The van der Waals surface area contributed by atoms with Gasteiger partial charge >= 0.3 is 0 Å². The number of benzene rings is 1. The molecule has 2 aliphatic carbocycles. The van der Waals surface area contributed by atoms with E-state index in [-0.39, 0.29) is 0 Å². The minimum atomic E-state index is 0.439. The summed E-state index contributed by atoms with van der Waals surface area (Å²) >= 11 is 3.51. The number of hydrogen-bond donors (Lipinski definition) is 1. The summed E-state index contributed by atoms with van der Waals surface area (Å²) in [6.07, 6.45) is 3.91. The van der Waals surface area contributed by atoms with Crippen molar-refractivity contribution in [2.45, 2.75) is 25.2 Å². The number of anilines is 1. The van der Waals surface area contributed by atoms with Crippen LogP contribution in [0.15, 0.2) is 33.3 Å². The highest BCUT2D eigenvalue weighted by atomic mass is 79.9. The lowest BCUT2D eigenvalue weighted by atomic mass is 9.93. The summed E-state index contributed by atoms with van der Waals surface area (Å²) in [6, 6.07) is 8.16. The van der Waals surface area contributed by atoms with E-state index >= 15 is 0 Å². The van der Waals surface area contributed by atoms with E-state index < -0.39 is 0 Å². The van der Waals surface area contributed by atoms with Crippen LogP contribution in [0.4, 0.5) is 5.88 Å². The Morgan fingerprint density at radius 2 is 2.00 bits per heavy atom. The third kappa shape index (κ3) is 1.89. The highest BCUT2D eigenvalue weighted by Gasteiger charge is 2.47. The van der Waals surface area contributed by atoms with Crippen molar-refractivity contribution >= 4 is 21.8 Å². The fraction of sp³-hybridized carbons (Fsp3) is 0.400. The molecule has 0 aliphatic heterocycles. The fourth-order valence-electron chi connectivity index (χ4n) is 3.47. The number of hydrogen-bond acceptors (Lipinski definition) is 3. The molecule has 2 saturated carbocycles. The van der Waals surface area contributed by atoms with Crippen LogP contribution in [0.25, 0.3) is 11.1 Å². The van der Waals surface area contributed by atoms with Gasteiger partial charge in [0.2, 0.25) is 5.88 Å². The van der Waals surface area contributed by atoms with Crippen LogP contribution in [0.1, 0.15) is 30.9 Å². The first-order valence-electron chi connectivity index (χ1n) is 6.73. The van der Waals surface area contributed by atoms with Crippen LogP contribution in [-0.2, 0) is 0 Å². The zero-order valence-corrected chi connectivity index (χ0v) is 12.1. The summed E-state index contributed by atoms with van der Waals surface area (Å²) in [7, 11) is 0. The second kappa shape index (κ2) is 4.10. The van der Waals surface area contributed by atoms with Gasteiger partial charge in [-0.15, -0.1) is 0 Å². The van der Waals surface area contributed by atoms with E-state index in [2.05, 4.69) is 33.2 Å². The predicted molar refractivity (Wildman–Crippen MR) is 77.6 cm³/mol. The average molecular weight is 319 g/mol. The summed E-state index contributed by atoms with van der Waals surface area (Å²) in [5, 5.41) is 4.24. The van der Waals surface area contributed by atoms with Gasteiger partial charge in [-0.05, 0) is 48.8 Å². The topological polar surface area (TPSA) is 52.0 Å². The second-order valence-electron chi connectivity index (χ2n) is 5.74. The molecule has 2 N–H and O–H groups in total. The second-order valence-corrected chi connectivity index (χ2v) is 6.66. The van der Waals surface area contributed by atoms with Crippen molar-refractivity contribution in [3.63, 3.8) is 0 Å². The Morgan fingerprint density at radius 3 is 2.74 bits per heavy atom. The third-order valence-corrected chi connectivity index (χ3v) is 4.98. The molecule has 2 atom stereocenters. The molecule has 98 valence electrons. The number of rotatable bonds is 2. The number of aromatic nitrogens is 1. The minimum Gasteiger partial charge on any atom is -0.367 e. The molecule has 2 fully saturated rings. The first-order valence-corrected chi connectivity index (χ1v) is 7.52. The Morgan fingerprint density at radius 1 is 1.21 bits per heavy atom. The van der Waals surface area contributed by atoms with E-state index in [4.69, 9.17) is 10.3 Å². The van der Waals surface area contributed by atoms with Crippen LogP contribution in [0.5, 0.6) is 0 Å². The molecular weight excluding hydrogens is 304 g/mol. The van der Waals surface area contributed by atoms with Crippen molar-refractivity contribution in [2.24, 2.45) is 11.8 Å². The van der Waals surface area contributed by atoms with Crippen LogP contribution in [-0.4, -0.2) is 5.16 Å². The standard InChI is InChI=1S/C15H15BrN2O/c16-12-3-1-2-8(7-12)13-14(18-19-15(13)17)11-5-9-4-10(9)6-11/h1-3,7,9-11H,4-6,17H2. The average Bonchev–Trinajstić information content (AvgIpc) is 2.84. The number of fused-ring (bicyclic) bond motifs is 1. The molecule has 0 spiro atoms. The monoisotopic (exact) mass is 318 g/mol. The fourth-order valence-corrected chi connectivity index (χ4v) is 3.87. The van der Waals surface area contributed by atoms with E-state index in [1.807, 2.05) is 12.1 Å². The first kappa shape index (κ1) is 11.5. The number of nitrogen functional groups attached to an aromatic ring is 1. The van der Waals surface area contributed by atoms with Gasteiger partial charge in [0.15, 0.2) is 0 Å².